The number of imide groups is 1. The highest BCUT2D eigenvalue weighted by atomic mass is 16.5. The van der Waals surface area contributed by atoms with Crippen molar-refractivity contribution >= 4 is 17.5 Å². The van der Waals surface area contributed by atoms with Crippen LogP contribution in [0.25, 0.3) is 0 Å². The maximum atomic E-state index is 12.6. The van der Waals surface area contributed by atoms with Gasteiger partial charge in [0, 0.05) is 6.04 Å². The smallest absolute Gasteiger partial charge is 0.251 e. The van der Waals surface area contributed by atoms with Crippen molar-refractivity contribution in [1.82, 2.24) is 5.32 Å². The van der Waals surface area contributed by atoms with Gasteiger partial charge in [-0.15, -0.1) is 0 Å². The molecule has 1 aliphatic heterocycles. The second-order valence-electron chi connectivity index (χ2n) is 6.02. The predicted molar refractivity (Wildman–Crippen MR) is 83.9 cm³/mol. The topological polar surface area (TPSA) is 58.6 Å². The van der Waals surface area contributed by atoms with Crippen molar-refractivity contribution in [3.8, 4) is 5.75 Å². The Morgan fingerprint density at radius 3 is 2.41 bits per heavy atom. The Morgan fingerprint density at radius 2 is 1.77 bits per heavy atom. The summed E-state index contributed by atoms with van der Waals surface area (Å²) in [5.41, 5.74) is 0.615. The number of hydrogen-bond acceptors (Lipinski definition) is 4. The maximum Gasteiger partial charge on any atom is 0.251 e. The number of rotatable bonds is 4. The normalized spacial score (nSPS) is 23.1. The summed E-state index contributed by atoms with van der Waals surface area (Å²) in [6.07, 6.45) is 6.12. The van der Waals surface area contributed by atoms with E-state index in [-0.39, 0.29) is 24.3 Å². The van der Waals surface area contributed by atoms with Crippen molar-refractivity contribution in [2.45, 2.75) is 50.6 Å². The van der Waals surface area contributed by atoms with E-state index in [0.29, 0.717) is 17.5 Å². The van der Waals surface area contributed by atoms with Crippen LogP contribution < -0.4 is 15.0 Å². The van der Waals surface area contributed by atoms with E-state index in [0.717, 1.165) is 12.8 Å². The fourth-order valence-corrected chi connectivity index (χ4v) is 3.32. The van der Waals surface area contributed by atoms with Gasteiger partial charge in [-0.2, -0.15) is 0 Å². The van der Waals surface area contributed by atoms with Crippen molar-refractivity contribution in [2.75, 3.05) is 12.0 Å². The quantitative estimate of drug-likeness (QED) is 0.867. The van der Waals surface area contributed by atoms with E-state index in [1.165, 1.54) is 24.2 Å². The van der Waals surface area contributed by atoms with Crippen LogP contribution in [0, 0.1) is 0 Å². The van der Waals surface area contributed by atoms with Gasteiger partial charge in [-0.05, 0) is 37.1 Å². The molecule has 1 heterocycles. The lowest BCUT2D eigenvalue weighted by Crippen LogP contribution is -2.44. The monoisotopic (exact) mass is 302 g/mol. The highest BCUT2D eigenvalue weighted by Gasteiger charge is 2.40. The average molecular weight is 302 g/mol. The zero-order chi connectivity index (χ0) is 15.5. The molecule has 0 spiro atoms. The second-order valence-corrected chi connectivity index (χ2v) is 6.02. The van der Waals surface area contributed by atoms with Crippen molar-refractivity contribution in [3.05, 3.63) is 24.3 Å². The summed E-state index contributed by atoms with van der Waals surface area (Å²) in [6, 6.07) is 7.01. The molecule has 1 N–H and O–H groups in total. The van der Waals surface area contributed by atoms with Gasteiger partial charge >= 0.3 is 0 Å². The molecule has 1 atom stereocenters. The third-order valence-corrected chi connectivity index (χ3v) is 4.52. The van der Waals surface area contributed by atoms with E-state index in [4.69, 9.17) is 4.74 Å². The van der Waals surface area contributed by atoms with Crippen LogP contribution in [-0.4, -0.2) is 31.0 Å². The van der Waals surface area contributed by atoms with Crippen molar-refractivity contribution in [1.29, 1.82) is 0 Å². The minimum atomic E-state index is -0.377. The molecule has 118 valence electrons. The SMILES string of the molecule is COc1ccc(N2C(=O)C[C@@H](NC3CCCCC3)C2=O)cc1. The van der Waals surface area contributed by atoms with Crippen LogP contribution in [0.15, 0.2) is 24.3 Å². The van der Waals surface area contributed by atoms with Gasteiger partial charge in [0.1, 0.15) is 5.75 Å². The summed E-state index contributed by atoms with van der Waals surface area (Å²) in [5.74, 6) is 0.434. The van der Waals surface area contributed by atoms with E-state index in [1.54, 1.807) is 31.4 Å². The van der Waals surface area contributed by atoms with Crippen LogP contribution in [0.1, 0.15) is 38.5 Å². The van der Waals surface area contributed by atoms with Gasteiger partial charge in [0.15, 0.2) is 0 Å². The lowest BCUT2D eigenvalue weighted by Gasteiger charge is -2.25. The lowest BCUT2D eigenvalue weighted by atomic mass is 9.95. The maximum absolute atomic E-state index is 12.6. The minimum absolute atomic E-state index is 0.136. The molecule has 0 aromatic heterocycles. The molecule has 1 saturated carbocycles. The molecule has 3 rings (SSSR count). The van der Waals surface area contributed by atoms with Crippen LogP contribution in [0.4, 0.5) is 5.69 Å². The van der Waals surface area contributed by atoms with E-state index >= 15 is 0 Å². The molecule has 2 aliphatic rings. The lowest BCUT2D eigenvalue weighted by molar-refractivity contribution is -0.121. The number of amides is 2. The summed E-state index contributed by atoms with van der Waals surface area (Å²) >= 11 is 0. The summed E-state index contributed by atoms with van der Waals surface area (Å²) in [4.78, 5) is 26.1. The number of anilines is 1. The Bertz CT molecular complexity index is 550. The van der Waals surface area contributed by atoms with Crippen LogP contribution in [0.2, 0.25) is 0 Å². The van der Waals surface area contributed by atoms with Crippen molar-refractivity contribution < 1.29 is 14.3 Å². The molecule has 1 aliphatic carbocycles. The Hall–Kier alpha value is -1.88. The fourth-order valence-electron chi connectivity index (χ4n) is 3.32. The predicted octanol–water partition coefficient (Wildman–Crippen LogP) is 2.25. The molecule has 0 bridgehead atoms. The molecule has 5 heteroatoms. The van der Waals surface area contributed by atoms with E-state index in [1.807, 2.05) is 0 Å². The standard InChI is InChI=1S/C17H22N2O3/c1-22-14-9-7-13(8-10-14)19-16(20)11-15(17(19)21)18-12-5-3-2-4-6-12/h7-10,12,15,18H,2-6,11H2,1H3/t15-/m1/s1. The second kappa shape index (κ2) is 6.48. The van der Waals surface area contributed by atoms with E-state index in [9.17, 15) is 9.59 Å². The summed E-state index contributed by atoms with van der Waals surface area (Å²) in [5, 5.41) is 3.38. The summed E-state index contributed by atoms with van der Waals surface area (Å²) in [7, 11) is 1.59. The molecule has 2 amide bonds. The number of hydrogen-bond donors (Lipinski definition) is 1. The molecular weight excluding hydrogens is 280 g/mol. The molecule has 0 unspecified atom stereocenters. The van der Waals surface area contributed by atoms with Crippen LogP contribution in [0.5, 0.6) is 5.75 Å². The number of benzene rings is 1. The van der Waals surface area contributed by atoms with Crippen molar-refractivity contribution in [3.63, 3.8) is 0 Å². The van der Waals surface area contributed by atoms with Gasteiger partial charge in [-0.25, -0.2) is 4.90 Å². The first kappa shape index (κ1) is 15.0. The summed E-state index contributed by atoms with van der Waals surface area (Å²) in [6.45, 7) is 0. The van der Waals surface area contributed by atoms with Gasteiger partial charge in [-0.3, -0.25) is 9.59 Å². The molecule has 22 heavy (non-hydrogen) atoms. The average Bonchev–Trinajstić information content (AvgIpc) is 2.82. The molecule has 1 aromatic rings. The van der Waals surface area contributed by atoms with Gasteiger partial charge in [0.2, 0.25) is 5.91 Å². The van der Waals surface area contributed by atoms with Gasteiger partial charge < -0.3 is 10.1 Å². The first-order valence-corrected chi connectivity index (χ1v) is 7.96. The number of nitrogens with zero attached hydrogens (tertiary/aromatic N) is 1. The summed E-state index contributed by atoms with van der Waals surface area (Å²) < 4.78 is 5.11. The Morgan fingerprint density at radius 1 is 1.09 bits per heavy atom. The first-order chi connectivity index (χ1) is 10.7. The highest BCUT2D eigenvalue weighted by Crippen LogP contribution is 2.26. The first-order valence-electron chi connectivity index (χ1n) is 7.96. The van der Waals surface area contributed by atoms with Crippen LogP contribution >= 0.6 is 0 Å². The fraction of sp³-hybridized carbons (Fsp3) is 0.529. The zero-order valence-electron chi connectivity index (χ0n) is 12.9. The Labute approximate surface area is 130 Å². The van der Waals surface area contributed by atoms with Crippen LogP contribution in [-0.2, 0) is 9.59 Å². The molecule has 1 saturated heterocycles. The van der Waals surface area contributed by atoms with Gasteiger partial charge in [0.05, 0.1) is 25.3 Å². The molecule has 0 radical (unpaired) electrons. The molecule has 5 nitrogen and oxygen atoms in total. The Kier molecular flexibility index (Phi) is 4.43. The third-order valence-electron chi connectivity index (χ3n) is 4.52. The molecular formula is C17H22N2O3. The highest BCUT2D eigenvalue weighted by molar-refractivity contribution is 6.22. The number of methoxy groups -OCH3 is 1. The van der Waals surface area contributed by atoms with Crippen molar-refractivity contribution in [2.24, 2.45) is 0 Å². The molecule has 1 aromatic carbocycles. The van der Waals surface area contributed by atoms with Crippen LogP contribution in [0.3, 0.4) is 0 Å². The number of carbonyl (C=O) groups excluding carboxylic acids is 2. The van der Waals surface area contributed by atoms with Gasteiger partial charge in [0.25, 0.3) is 5.91 Å². The van der Waals surface area contributed by atoms with E-state index < -0.39 is 0 Å². The largest absolute Gasteiger partial charge is 0.497 e. The number of ether oxygens (including phenoxy) is 1. The Balaban J connectivity index is 1.70. The molecule has 2 fully saturated rings. The minimum Gasteiger partial charge on any atom is -0.497 e. The van der Waals surface area contributed by atoms with Gasteiger partial charge in [-0.1, -0.05) is 19.3 Å². The number of nitrogens with one attached hydrogen (secondary N) is 1. The van der Waals surface area contributed by atoms with E-state index in [2.05, 4.69) is 5.32 Å². The zero-order valence-corrected chi connectivity index (χ0v) is 12.9. The third kappa shape index (κ3) is 2.99. The number of carbonyl (C=O) groups is 2.